The second-order valence-electron chi connectivity index (χ2n) is 7.48. The van der Waals surface area contributed by atoms with Gasteiger partial charge in [0.05, 0.1) is 18.6 Å². The number of hydrogen-bond donors (Lipinski definition) is 0. The molecule has 0 atom stereocenters. The number of carbonyl (C=O) groups is 1. The number of fused-ring (bicyclic) bond motifs is 2. The van der Waals surface area contributed by atoms with E-state index in [-0.39, 0.29) is 24.4 Å². The van der Waals surface area contributed by atoms with Gasteiger partial charge in [-0.15, -0.1) is 0 Å². The van der Waals surface area contributed by atoms with Gasteiger partial charge >= 0.3 is 5.69 Å². The SMILES string of the molecule is O=C(Cn1c(=O)n(Cc2cccnc2)c(=O)c2ncccc21)c1ccc2ccccc2c1. The maximum Gasteiger partial charge on any atom is 0.332 e. The van der Waals surface area contributed by atoms with Gasteiger partial charge in [0.2, 0.25) is 0 Å². The maximum atomic E-state index is 13.3. The van der Waals surface area contributed by atoms with E-state index in [0.29, 0.717) is 16.6 Å². The molecule has 0 spiro atoms. The monoisotopic (exact) mass is 422 g/mol. The molecule has 0 amide bonds. The number of benzene rings is 2. The highest BCUT2D eigenvalue weighted by Crippen LogP contribution is 2.17. The predicted molar refractivity (Wildman–Crippen MR) is 122 cm³/mol. The lowest BCUT2D eigenvalue weighted by molar-refractivity contribution is 0.0971. The molecule has 0 N–H and O–H groups in total. The number of carbonyl (C=O) groups excluding carboxylic acids is 1. The standard InChI is InChI=1S/C25H18N4O3/c30-22(20-10-9-18-6-1-2-7-19(18)13-20)16-28-21-8-4-12-27-23(21)24(31)29(25(28)32)15-17-5-3-11-26-14-17/h1-14H,15-16H2. The van der Waals surface area contributed by atoms with Crippen LogP contribution in [-0.4, -0.2) is 24.9 Å². The van der Waals surface area contributed by atoms with E-state index in [1.807, 2.05) is 36.4 Å². The molecular formula is C25H18N4O3. The zero-order valence-corrected chi connectivity index (χ0v) is 17.0. The highest BCUT2D eigenvalue weighted by Gasteiger charge is 2.17. The molecule has 0 saturated carbocycles. The Morgan fingerprint density at radius 3 is 2.47 bits per heavy atom. The molecule has 7 nitrogen and oxygen atoms in total. The van der Waals surface area contributed by atoms with Gasteiger partial charge in [0, 0.05) is 24.2 Å². The van der Waals surface area contributed by atoms with Crippen molar-refractivity contribution in [2.24, 2.45) is 0 Å². The van der Waals surface area contributed by atoms with Crippen LogP contribution in [0.25, 0.3) is 21.8 Å². The summed E-state index contributed by atoms with van der Waals surface area (Å²) in [6.45, 7) is -0.158. The highest BCUT2D eigenvalue weighted by atomic mass is 16.2. The zero-order chi connectivity index (χ0) is 22.1. The Bertz CT molecular complexity index is 1590. The van der Waals surface area contributed by atoms with Crippen molar-refractivity contribution in [1.82, 2.24) is 19.1 Å². The van der Waals surface area contributed by atoms with Gasteiger partial charge in [-0.05, 0) is 40.6 Å². The molecule has 0 radical (unpaired) electrons. The van der Waals surface area contributed by atoms with Crippen LogP contribution in [0.4, 0.5) is 0 Å². The van der Waals surface area contributed by atoms with Crippen LogP contribution in [0.15, 0.2) is 94.9 Å². The normalized spacial score (nSPS) is 11.1. The minimum Gasteiger partial charge on any atom is -0.292 e. The Morgan fingerprint density at radius 2 is 1.66 bits per heavy atom. The van der Waals surface area contributed by atoms with E-state index in [2.05, 4.69) is 9.97 Å². The highest BCUT2D eigenvalue weighted by molar-refractivity contribution is 6.00. The Kier molecular flexibility index (Phi) is 4.91. The van der Waals surface area contributed by atoms with Crippen LogP contribution in [0.2, 0.25) is 0 Å². The molecule has 5 aromatic rings. The first-order valence-electron chi connectivity index (χ1n) is 10.1. The third-order valence-electron chi connectivity index (χ3n) is 5.42. The average Bonchev–Trinajstić information content (AvgIpc) is 2.84. The topological polar surface area (TPSA) is 86.9 Å². The fraction of sp³-hybridized carbons (Fsp3) is 0.0800. The van der Waals surface area contributed by atoms with Crippen molar-refractivity contribution >= 4 is 27.6 Å². The predicted octanol–water partition coefficient (Wildman–Crippen LogP) is 3.04. The lowest BCUT2D eigenvalue weighted by Crippen LogP contribution is -2.41. The first-order chi connectivity index (χ1) is 15.6. The second-order valence-corrected chi connectivity index (χ2v) is 7.48. The van der Waals surface area contributed by atoms with E-state index < -0.39 is 11.2 Å². The first kappa shape index (κ1) is 19.6. The number of hydrogen-bond acceptors (Lipinski definition) is 5. The molecule has 5 rings (SSSR count). The molecule has 7 heteroatoms. The molecule has 0 saturated heterocycles. The maximum absolute atomic E-state index is 13.3. The smallest absolute Gasteiger partial charge is 0.292 e. The van der Waals surface area contributed by atoms with Crippen molar-refractivity contribution in [2.45, 2.75) is 13.1 Å². The van der Waals surface area contributed by atoms with E-state index >= 15 is 0 Å². The second kappa shape index (κ2) is 8.03. The first-order valence-corrected chi connectivity index (χ1v) is 10.1. The van der Waals surface area contributed by atoms with E-state index in [9.17, 15) is 14.4 Å². The Balaban J connectivity index is 1.61. The number of nitrogens with zero attached hydrogens (tertiary/aromatic N) is 4. The molecule has 0 fully saturated rings. The summed E-state index contributed by atoms with van der Waals surface area (Å²) in [6.07, 6.45) is 4.71. The van der Waals surface area contributed by atoms with E-state index in [1.54, 1.807) is 42.7 Å². The van der Waals surface area contributed by atoms with Crippen LogP contribution < -0.4 is 11.2 Å². The van der Waals surface area contributed by atoms with Crippen LogP contribution in [0, 0.1) is 0 Å². The summed E-state index contributed by atoms with van der Waals surface area (Å²) in [6, 6.07) is 20.0. The summed E-state index contributed by atoms with van der Waals surface area (Å²) >= 11 is 0. The van der Waals surface area contributed by atoms with Crippen molar-refractivity contribution in [3.8, 4) is 0 Å². The summed E-state index contributed by atoms with van der Waals surface area (Å²) in [5.74, 6) is -0.227. The van der Waals surface area contributed by atoms with Crippen LogP contribution >= 0.6 is 0 Å². The van der Waals surface area contributed by atoms with Gasteiger partial charge in [-0.1, -0.05) is 42.5 Å². The molecule has 3 aromatic heterocycles. The van der Waals surface area contributed by atoms with Gasteiger partial charge in [0.1, 0.15) is 0 Å². The third kappa shape index (κ3) is 3.50. The molecule has 3 heterocycles. The van der Waals surface area contributed by atoms with Crippen molar-refractivity contribution < 1.29 is 4.79 Å². The fourth-order valence-electron chi connectivity index (χ4n) is 3.81. The Labute approximate surface area is 182 Å². The molecule has 0 aliphatic carbocycles. The van der Waals surface area contributed by atoms with E-state index in [0.717, 1.165) is 15.3 Å². The van der Waals surface area contributed by atoms with Crippen LogP contribution in [0.5, 0.6) is 0 Å². The van der Waals surface area contributed by atoms with Crippen LogP contribution in [0.1, 0.15) is 15.9 Å². The van der Waals surface area contributed by atoms with Gasteiger partial charge in [0.25, 0.3) is 5.56 Å². The summed E-state index contributed by atoms with van der Waals surface area (Å²) in [7, 11) is 0. The number of pyridine rings is 2. The minimum atomic E-state index is -0.562. The van der Waals surface area contributed by atoms with Gasteiger partial charge in [-0.25, -0.2) is 9.78 Å². The molecular weight excluding hydrogens is 404 g/mol. The van der Waals surface area contributed by atoms with Crippen molar-refractivity contribution in [3.63, 3.8) is 0 Å². The van der Waals surface area contributed by atoms with Gasteiger partial charge in [0.15, 0.2) is 11.3 Å². The number of ketones is 1. The molecule has 0 unspecified atom stereocenters. The number of rotatable bonds is 5. The largest absolute Gasteiger partial charge is 0.332 e. The quantitative estimate of drug-likeness (QED) is 0.406. The zero-order valence-electron chi connectivity index (χ0n) is 17.0. The van der Waals surface area contributed by atoms with E-state index in [4.69, 9.17) is 0 Å². The molecule has 0 bridgehead atoms. The van der Waals surface area contributed by atoms with E-state index in [1.165, 1.54) is 10.8 Å². The lowest BCUT2D eigenvalue weighted by atomic mass is 10.0. The Hall–Kier alpha value is -4.39. The third-order valence-corrected chi connectivity index (χ3v) is 5.42. The lowest BCUT2D eigenvalue weighted by Gasteiger charge is -2.13. The van der Waals surface area contributed by atoms with Crippen LogP contribution in [-0.2, 0) is 13.1 Å². The van der Waals surface area contributed by atoms with Gasteiger partial charge in [-0.2, -0.15) is 0 Å². The van der Waals surface area contributed by atoms with Crippen molar-refractivity contribution in [3.05, 3.63) is 117 Å². The molecule has 0 aliphatic heterocycles. The fourth-order valence-corrected chi connectivity index (χ4v) is 3.81. The number of aromatic nitrogens is 4. The van der Waals surface area contributed by atoms with Crippen LogP contribution in [0.3, 0.4) is 0 Å². The Morgan fingerprint density at radius 1 is 0.844 bits per heavy atom. The average molecular weight is 422 g/mol. The van der Waals surface area contributed by atoms with Gasteiger partial charge < -0.3 is 0 Å². The summed E-state index contributed by atoms with van der Waals surface area (Å²) in [5, 5.41) is 1.97. The summed E-state index contributed by atoms with van der Waals surface area (Å²) in [5.41, 5.74) is 0.616. The molecule has 32 heavy (non-hydrogen) atoms. The van der Waals surface area contributed by atoms with Gasteiger partial charge in [-0.3, -0.25) is 23.7 Å². The summed E-state index contributed by atoms with van der Waals surface area (Å²) < 4.78 is 2.41. The molecule has 2 aromatic carbocycles. The molecule has 156 valence electrons. The summed E-state index contributed by atoms with van der Waals surface area (Å²) in [4.78, 5) is 47.7. The molecule has 0 aliphatic rings. The number of Topliss-reactive ketones (excluding diaryl/α,β-unsaturated/α-hetero) is 1. The van der Waals surface area contributed by atoms with Crippen molar-refractivity contribution in [2.75, 3.05) is 0 Å². The minimum absolute atomic E-state index is 0.0438. The van der Waals surface area contributed by atoms with Crippen molar-refractivity contribution in [1.29, 1.82) is 0 Å².